The first-order valence-corrected chi connectivity index (χ1v) is 9.35. The smallest absolute Gasteiger partial charge is 0.171 e. The normalized spacial score (nSPS) is 15.3. The van der Waals surface area contributed by atoms with Gasteiger partial charge in [0.1, 0.15) is 0 Å². The number of ether oxygens (including phenoxy) is 2. The molecule has 1 fully saturated rings. The summed E-state index contributed by atoms with van der Waals surface area (Å²) in [6.07, 6.45) is 4.59. The number of aryl methyl sites for hydroxylation is 1. The molecule has 26 heavy (non-hydrogen) atoms. The van der Waals surface area contributed by atoms with Crippen molar-refractivity contribution in [3.05, 3.63) is 53.6 Å². The van der Waals surface area contributed by atoms with Crippen molar-refractivity contribution in [2.75, 3.05) is 19.5 Å². The predicted molar refractivity (Wildman–Crippen MR) is 110 cm³/mol. The van der Waals surface area contributed by atoms with E-state index in [2.05, 4.69) is 41.8 Å². The Balaban J connectivity index is 1.76. The first-order valence-electron chi connectivity index (χ1n) is 8.95. The van der Waals surface area contributed by atoms with Crippen LogP contribution in [0.5, 0.6) is 11.5 Å². The lowest BCUT2D eigenvalue weighted by molar-refractivity contribution is 0.355. The lowest BCUT2D eigenvalue weighted by Crippen LogP contribution is -2.45. The molecule has 2 aromatic carbocycles. The second kappa shape index (κ2) is 7.96. The molecule has 0 spiro atoms. The van der Waals surface area contributed by atoms with Crippen molar-refractivity contribution in [2.45, 2.75) is 38.1 Å². The summed E-state index contributed by atoms with van der Waals surface area (Å²) < 4.78 is 10.6. The molecule has 1 aliphatic rings. The third kappa shape index (κ3) is 3.93. The van der Waals surface area contributed by atoms with E-state index in [-0.39, 0.29) is 5.54 Å². The van der Waals surface area contributed by atoms with Crippen LogP contribution in [0.3, 0.4) is 0 Å². The number of methoxy groups -OCH3 is 2. The molecule has 0 aromatic heterocycles. The number of benzene rings is 2. The largest absolute Gasteiger partial charge is 0.493 e. The lowest BCUT2D eigenvalue weighted by Gasteiger charge is -2.32. The molecule has 5 heteroatoms. The molecule has 0 aliphatic heterocycles. The first kappa shape index (κ1) is 18.5. The maximum atomic E-state index is 5.62. The van der Waals surface area contributed by atoms with Crippen LogP contribution >= 0.6 is 12.2 Å². The molecule has 0 atom stereocenters. The van der Waals surface area contributed by atoms with Gasteiger partial charge in [-0.05, 0) is 49.7 Å². The van der Waals surface area contributed by atoms with Crippen LogP contribution in [-0.4, -0.2) is 19.3 Å². The van der Waals surface area contributed by atoms with E-state index in [1.807, 2.05) is 18.2 Å². The number of thiocarbonyl (C=S) groups is 1. The quantitative estimate of drug-likeness (QED) is 0.742. The van der Waals surface area contributed by atoms with E-state index >= 15 is 0 Å². The Bertz CT molecular complexity index is 768. The Morgan fingerprint density at radius 1 is 0.962 bits per heavy atom. The molecule has 138 valence electrons. The van der Waals surface area contributed by atoms with E-state index in [0.717, 1.165) is 18.5 Å². The molecule has 0 radical (unpaired) electrons. The zero-order valence-corrected chi connectivity index (χ0v) is 16.4. The van der Waals surface area contributed by atoms with Crippen LogP contribution in [0.1, 0.15) is 36.8 Å². The van der Waals surface area contributed by atoms with Gasteiger partial charge in [0, 0.05) is 11.8 Å². The summed E-state index contributed by atoms with van der Waals surface area (Å²) in [5, 5.41) is 7.50. The van der Waals surface area contributed by atoms with Crippen molar-refractivity contribution in [3.8, 4) is 11.5 Å². The Kier molecular flexibility index (Phi) is 5.67. The standard InChI is InChI=1S/C21H26N2O2S/c1-15-6-8-16(9-7-15)21(12-4-5-13-21)23-20(26)22-17-10-11-18(24-2)19(14-17)25-3/h6-11,14H,4-5,12-13H2,1-3H3,(H2,22,23,26). The summed E-state index contributed by atoms with van der Waals surface area (Å²) in [6, 6.07) is 14.5. The number of hydrogen-bond acceptors (Lipinski definition) is 3. The van der Waals surface area contributed by atoms with Gasteiger partial charge in [-0.1, -0.05) is 42.7 Å². The van der Waals surface area contributed by atoms with Gasteiger partial charge in [0.05, 0.1) is 19.8 Å². The van der Waals surface area contributed by atoms with Crippen LogP contribution in [0.2, 0.25) is 0 Å². The van der Waals surface area contributed by atoms with E-state index in [1.165, 1.54) is 24.0 Å². The minimum absolute atomic E-state index is 0.0889. The van der Waals surface area contributed by atoms with Gasteiger partial charge in [0.2, 0.25) is 0 Å². The number of hydrogen-bond donors (Lipinski definition) is 2. The van der Waals surface area contributed by atoms with Gasteiger partial charge in [-0.25, -0.2) is 0 Å². The highest BCUT2D eigenvalue weighted by atomic mass is 32.1. The van der Waals surface area contributed by atoms with Crippen molar-refractivity contribution in [1.29, 1.82) is 0 Å². The van der Waals surface area contributed by atoms with Gasteiger partial charge in [0.25, 0.3) is 0 Å². The van der Waals surface area contributed by atoms with Gasteiger partial charge >= 0.3 is 0 Å². The van der Waals surface area contributed by atoms with Gasteiger partial charge in [-0.3, -0.25) is 0 Å². The van der Waals surface area contributed by atoms with Crippen molar-refractivity contribution in [3.63, 3.8) is 0 Å². The highest BCUT2D eigenvalue weighted by Crippen LogP contribution is 2.39. The van der Waals surface area contributed by atoms with E-state index < -0.39 is 0 Å². The molecule has 0 unspecified atom stereocenters. The fraction of sp³-hybridized carbons (Fsp3) is 0.381. The Morgan fingerprint density at radius 2 is 1.62 bits per heavy atom. The molecular weight excluding hydrogens is 344 g/mol. The fourth-order valence-electron chi connectivity index (χ4n) is 3.63. The second-order valence-corrected chi connectivity index (χ2v) is 7.21. The zero-order chi connectivity index (χ0) is 18.6. The van der Waals surface area contributed by atoms with Crippen LogP contribution in [0, 0.1) is 6.92 Å². The van der Waals surface area contributed by atoms with Gasteiger partial charge < -0.3 is 20.1 Å². The van der Waals surface area contributed by atoms with Crippen LogP contribution in [0.4, 0.5) is 5.69 Å². The Labute approximate surface area is 160 Å². The van der Waals surface area contributed by atoms with Gasteiger partial charge in [-0.15, -0.1) is 0 Å². The predicted octanol–water partition coefficient (Wildman–Crippen LogP) is 4.77. The average Bonchev–Trinajstić information content (AvgIpc) is 3.11. The van der Waals surface area contributed by atoms with Crippen LogP contribution in [0.15, 0.2) is 42.5 Å². The minimum Gasteiger partial charge on any atom is -0.493 e. The monoisotopic (exact) mass is 370 g/mol. The summed E-state index contributed by atoms with van der Waals surface area (Å²) in [7, 11) is 3.26. The zero-order valence-electron chi connectivity index (χ0n) is 15.6. The molecule has 0 saturated heterocycles. The molecule has 0 heterocycles. The third-order valence-corrected chi connectivity index (χ3v) is 5.26. The average molecular weight is 371 g/mol. The molecule has 2 aromatic rings. The SMILES string of the molecule is COc1ccc(NC(=S)NC2(c3ccc(C)cc3)CCCC2)cc1OC. The number of anilines is 1. The van der Waals surface area contributed by atoms with Crippen LogP contribution < -0.4 is 20.1 Å². The topological polar surface area (TPSA) is 42.5 Å². The summed E-state index contributed by atoms with van der Waals surface area (Å²) in [5.41, 5.74) is 3.36. The highest BCUT2D eigenvalue weighted by molar-refractivity contribution is 7.80. The van der Waals surface area contributed by atoms with Gasteiger partial charge in [0.15, 0.2) is 16.6 Å². The fourth-order valence-corrected chi connectivity index (χ4v) is 3.94. The van der Waals surface area contributed by atoms with Crippen molar-refractivity contribution < 1.29 is 9.47 Å². The first-order chi connectivity index (χ1) is 12.6. The third-order valence-electron chi connectivity index (χ3n) is 5.06. The summed E-state index contributed by atoms with van der Waals surface area (Å²) in [4.78, 5) is 0. The second-order valence-electron chi connectivity index (χ2n) is 6.80. The summed E-state index contributed by atoms with van der Waals surface area (Å²) >= 11 is 5.62. The molecule has 3 rings (SSSR count). The van der Waals surface area contributed by atoms with Crippen LogP contribution in [0.25, 0.3) is 0 Å². The lowest BCUT2D eigenvalue weighted by atomic mass is 9.88. The molecule has 1 saturated carbocycles. The molecule has 0 amide bonds. The number of rotatable bonds is 5. The van der Waals surface area contributed by atoms with Crippen molar-refractivity contribution in [2.24, 2.45) is 0 Å². The van der Waals surface area contributed by atoms with E-state index in [1.54, 1.807) is 14.2 Å². The Morgan fingerprint density at radius 3 is 2.23 bits per heavy atom. The summed E-state index contributed by atoms with van der Waals surface area (Å²) in [5.74, 6) is 1.37. The van der Waals surface area contributed by atoms with Crippen molar-refractivity contribution in [1.82, 2.24) is 5.32 Å². The maximum Gasteiger partial charge on any atom is 0.171 e. The molecular formula is C21H26N2O2S. The van der Waals surface area contributed by atoms with Gasteiger partial charge in [-0.2, -0.15) is 0 Å². The molecule has 0 bridgehead atoms. The maximum absolute atomic E-state index is 5.62. The molecule has 2 N–H and O–H groups in total. The van der Waals surface area contributed by atoms with E-state index in [0.29, 0.717) is 16.6 Å². The van der Waals surface area contributed by atoms with E-state index in [9.17, 15) is 0 Å². The molecule has 4 nitrogen and oxygen atoms in total. The van der Waals surface area contributed by atoms with Crippen molar-refractivity contribution >= 4 is 23.0 Å². The van der Waals surface area contributed by atoms with Crippen LogP contribution in [-0.2, 0) is 5.54 Å². The number of nitrogens with one attached hydrogen (secondary N) is 2. The minimum atomic E-state index is -0.0889. The molecule has 1 aliphatic carbocycles. The Hall–Kier alpha value is -2.27. The van der Waals surface area contributed by atoms with E-state index in [4.69, 9.17) is 21.7 Å². The summed E-state index contributed by atoms with van der Waals surface area (Å²) in [6.45, 7) is 2.11. The highest BCUT2D eigenvalue weighted by Gasteiger charge is 2.36.